The van der Waals surface area contributed by atoms with Crippen LogP contribution in [0.5, 0.6) is 5.75 Å². The van der Waals surface area contributed by atoms with Crippen LogP contribution in [0.4, 0.5) is 0 Å². The standard InChI is InChI=1S/C15H24N2O.ClH/c1-3-18-15-6-4-13(5-7-15)10-17-11-14(9-16)8-12(17)2;/h4-7,12,14H,3,8-11,16H2,1-2H3;1H. The molecule has 2 unspecified atom stereocenters. The highest BCUT2D eigenvalue weighted by molar-refractivity contribution is 5.85. The number of hydrogen-bond donors (Lipinski definition) is 1. The Morgan fingerprint density at radius 1 is 1.32 bits per heavy atom. The molecule has 2 atom stereocenters. The quantitative estimate of drug-likeness (QED) is 0.903. The van der Waals surface area contributed by atoms with Crippen LogP contribution in [-0.4, -0.2) is 30.6 Å². The first-order valence-electron chi connectivity index (χ1n) is 6.88. The minimum absolute atomic E-state index is 0. The highest BCUT2D eigenvalue weighted by atomic mass is 35.5. The summed E-state index contributed by atoms with van der Waals surface area (Å²) in [5.41, 5.74) is 7.11. The highest BCUT2D eigenvalue weighted by Gasteiger charge is 2.27. The van der Waals surface area contributed by atoms with Crippen molar-refractivity contribution in [3.8, 4) is 5.75 Å². The predicted octanol–water partition coefficient (Wildman–Crippen LogP) is 2.68. The molecule has 2 rings (SSSR count). The van der Waals surface area contributed by atoms with Gasteiger partial charge in [0.05, 0.1) is 6.61 Å². The maximum Gasteiger partial charge on any atom is 0.119 e. The predicted molar refractivity (Wildman–Crippen MR) is 81.9 cm³/mol. The molecule has 0 radical (unpaired) electrons. The molecule has 4 heteroatoms. The number of nitrogens with two attached hydrogens (primary N) is 1. The summed E-state index contributed by atoms with van der Waals surface area (Å²) in [5.74, 6) is 1.62. The van der Waals surface area contributed by atoms with Crippen LogP contribution in [0.1, 0.15) is 25.8 Å². The summed E-state index contributed by atoms with van der Waals surface area (Å²) < 4.78 is 5.46. The number of benzene rings is 1. The van der Waals surface area contributed by atoms with Crippen LogP contribution in [0, 0.1) is 5.92 Å². The summed E-state index contributed by atoms with van der Waals surface area (Å²) >= 11 is 0. The van der Waals surface area contributed by atoms with Gasteiger partial charge >= 0.3 is 0 Å². The molecule has 0 aliphatic carbocycles. The van der Waals surface area contributed by atoms with Crippen molar-refractivity contribution in [2.24, 2.45) is 11.7 Å². The Morgan fingerprint density at radius 2 is 2.00 bits per heavy atom. The van der Waals surface area contributed by atoms with Crippen molar-refractivity contribution < 1.29 is 4.74 Å². The Hall–Kier alpha value is -0.770. The molecule has 0 spiro atoms. The second-order valence-corrected chi connectivity index (χ2v) is 5.19. The van der Waals surface area contributed by atoms with E-state index >= 15 is 0 Å². The van der Waals surface area contributed by atoms with Crippen molar-refractivity contribution in [2.45, 2.75) is 32.9 Å². The highest BCUT2D eigenvalue weighted by Crippen LogP contribution is 2.24. The second kappa shape index (κ2) is 7.73. The van der Waals surface area contributed by atoms with E-state index in [9.17, 15) is 0 Å². The summed E-state index contributed by atoms with van der Waals surface area (Å²) in [4.78, 5) is 2.52. The van der Waals surface area contributed by atoms with E-state index in [0.717, 1.165) is 32.0 Å². The number of ether oxygens (including phenoxy) is 1. The van der Waals surface area contributed by atoms with Gasteiger partial charge in [0.25, 0.3) is 0 Å². The zero-order valence-corrected chi connectivity index (χ0v) is 12.7. The average Bonchev–Trinajstić information content (AvgIpc) is 2.73. The van der Waals surface area contributed by atoms with E-state index < -0.39 is 0 Å². The minimum atomic E-state index is 0. The molecule has 0 aromatic heterocycles. The van der Waals surface area contributed by atoms with Crippen molar-refractivity contribution in [1.29, 1.82) is 0 Å². The Bertz CT molecular complexity index is 369. The average molecular weight is 285 g/mol. The monoisotopic (exact) mass is 284 g/mol. The third kappa shape index (κ3) is 4.37. The second-order valence-electron chi connectivity index (χ2n) is 5.19. The van der Waals surface area contributed by atoms with Crippen LogP contribution >= 0.6 is 12.4 Å². The van der Waals surface area contributed by atoms with Crippen LogP contribution in [0.25, 0.3) is 0 Å². The Morgan fingerprint density at radius 3 is 2.53 bits per heavy atom. The van der Waals surface area contributed by atoms with E-state index in [1.54, 1.807) is 0 Å². The molecule has 1 aliphatic heterocycles. The van der Waals surface area contributed by atoms with Gasteiger partial charge in [-0.2, -0.15) is 0 Å². The van der Waals surface area contributed by atoms with Gasteiger partial charge in [-0.1, -0.05) is 12.1 Å². The van der Waals surface area contributed by atoms with Gasteiger partial charge in [0.2, 0.25) is 0 Å². The van der Waals surface area contributed by atoms with Gasteiger partial charge in [0.1, 0.15) is 5.75 Å². The minimum Gasteiger partial charge on any atom is -0.494 e. The zero-order chi connectivity index (χ0) is 13.0. The smallest absolute Gasteiger partial charge is 0.119 e. The van der Waals surface area contributed by atoms with Gasteiger partial charge in [-0.3, -0.25) is 4.90 Å². The normalized spacial score (nSPS) is 23.1. The fraction of sp³-hybridized carbons (Fsp3) is 0.600. The van der Waals surface area contributed by atoms with Crippen LogP contribution in [0.15, 0.2) is 24.3 Å². The summed E-state index contributed by atoms with van der Waals surface area (Å²) in [6.45, 7) is 7.98. The van der Waals surface area contributed by atoms with Crippen LogP contribution < -0.4 is 10.5 Å². The lowest BCUT2D eigenvalue weighted by Crippen LogP contribution is -2.27. The maximum atomic E-state index is 5.76. The summed E-state index contributed by atoms with van der Waals surface area (Å²) in [5, 5.41) is 0. The van der Waals surface area contributed by atoms with E-state index in [1.165, 1.54) is 12.0 Å². The Balaban J connectivity index is 0.00000180. The number of hydrogen-bond acceptors (Lipinski definition) is 3. The van der Waals surface area contributed by atoms with E-state index in [4.69, 9.17) is 10.5 Å². The molecule has 3 nitrogen and oxygen atoms in total. The number of rotatable bonds is 5. The van der Waals surface area contributed by atoms with Crippen molar-refractivity contribution >= 4 is 12.4 Å². The lowest BCUT2D eigenvalue weighted by molar-refractivity contribution is 0.255. The summed E-state index contributed by atoms with van der Waals surface area (Å²) in [7, 11) is 0. The zero-order valence-electron chi connectivity index (χ0n) is 11.8. The molecular weight excluding hydrogens is 260 g/mol. The van der Waals surface area contributed by atoms with E-state index in [2.05, 4.69) is 36.1 Å². The van der Waals surface area contributed by atoms with Crippen molar-refractivity contribution in [1.82, 2.24) is 4.90 Å². The Labute approximate surface area is 122 Å². The van der Waals surface area contributed by atoms with Crippen molar-refractivity contribution in [3.05, 3.63) is 29.8 Å². The van der Waals surface area contributed by atoms with Gasteiger partial charge in [-0.05, 0) is 50.4 Å². The van der Waals surface area contributed by atoms with E-state index in [1.807, 2.05) is 6.92 Å². The first-order chi connectivity index (χ1) is 8.72. The van der Waals surface area contributed by atoms with Gasteiger partial charge in [-0.25, -0.2) is 0 Å². The molecule has 1 saturated heterocycles. The third-order valence-electron chi connectivity index (χ3n) is 3.74. The van der Waals surface area contributed by atoms with Gasteiger partial charge < -0.3 is 10.5 Å². The van der Waals surface area contributed by atoms with E-state index in [-0.39, 0.29) is 12.4 Å². The largest absolute Gasteiger partial charge is 0.494 e. The van der Waals surface area contributed by atoms with Crippen molar-refractivity contribution in [3.63, 3.8) is 0 Å². The molecule has 2 N–H and O–H groups in total. The summed E-state index contributed by atoms with van der Waals surface area (Å²) in [6, 6.07) is 9.08. The van der Waals surface area contributed by atoms with E-state index in [0.29, 0.717) is 12.0 Å². The lowest BCUT2D eigenvalue weighted by atomic mass is 10.1. The molecule has 1 aromatic carbocycles. The lowest BCUT2D eigenvalue weighted by Gasteiger charge is -2.21. The topological polar surface area (TPSA) is 38.5 Å². The van der Waals surface area contributed by atoms with Crippen LogP contribution in [0.3, 0.4) is 0 Å². The van der Waals surface area contributed by atoms with Crippen LogP contribution in [-0.2, 0) is 6.54 Å². The molecule has 1 fully saturated rings. The fourth-order valence-corrected chi connectivity index (χ4v) is 2.70. The number of likely N-dealkylation sites (tertiary alicyclic amines) is 1. The molecular formula is C15H25ClN2O. The van der Waals surface area contributed by atoms with Crippen LogP contribution in [0.2, 0.25) is 0 Å². The summed E-state index contributed by atoms with van der Waals surface area (Å²) in [6.07, 6.45) is 1.23. The SMILES string of the molecule is CCOc1ccc(CN2CC(CN)CC2C)cc1.Cl. The Kier molecular flexibility index (Phi) is 6.63. The number of halogens is 1. The van der Waals surface area contributed by atoms with Gasteiger partial charge in [0.15, 0.2) is 0 Å². The molecule has 1 aromatic rings. The molecule has 108 valence electrons. The van der Waals surface area contributed by atoms with Gasteiger partial charge in [-0.15, -0.1) is 12.4 Å². The maximum absolute atomic E-state index is 5.76. The molecule has 1 heterocycles. The third-order valence-corrected chi connectivity index (χ3v) is 3.74. The van der Waals surface area contributed by atoms with Gasteiger partial charge in [0, 0.05) is 19.1 Å². The molecule has 0 amide bonds. The molecule has 0 bridgehead atoms. The first kappa shape index (κ1) is 16.3. The molecule has 19 heavy (non-hydrogen) atoms. The van der Waals surface area contributed by atoms with Crippen molar-refractivity contribution in [2.75, 3.05) is 19.7 Å². The fourth-order valence-electron chi connectivity index (χ4n) is 2.70. The number of nitrogens with zero attached hydrogens (tertiary/aromatic N) is 1. The molecule has 1 aliphatic rings. The molecule has 0 saturated carbocycles. The first-order valence-corrected chi connectivity index (χ1v) is 6.88.